The second kappa shape index (κ2) is 12.9. The van der Waals surface area contributed by atoms with E-state index in [0.717, 1.165) is 17.0 Å². The van der Waals surface area contributed by atoms with Crippen molar-refractivity contribution in [2.24, 2.45) is 0 Å². The largest absolute Gasteiger partial charge is 0.460 e. The third kappa shape index (κ3) is 7.16. The Hall–Kier alpha value is -4.99. The van der Waals surface area contributed by atoms with Gasteiger partial charge in [-0.3, -0.25) is 10.1 Å². The van der Waals surface area contributed by atoms with Gasteiger partial charge in [0.1, 0.15) is 12.4 Å². The number of nitrogens with one attached hydrogen (secondary N) is 2. The lowest BCUT2D eigenvalue weighted by Gasteiger charge is -2.30. The zero-order valence-electron chi connectivity index (χ0n) is 23.3. The molecule has 41 heavy (non-hydrogen) atoms. The number of esters is 2. The summed E-state index contributed by atoms with van der Waals surface area (Å²) in [4.78, 5) is 44.9. The topological polar surface area (TPSA) is 136 Å². The van der Waals surface area contributed by atoms with Gasteiger partial charge in [-0.05, 0) is 50.5 Å². The molecule has 0 amide bonds. The summed E-state index contributed by atoms with van der Waals surface area (Å²) in [6.45, 7) is 6.84. The monoisotopic (exact) mass is 556 g/mol. The maximum Gasteiger partial charge on any atom is 0.337 e. The van der Waals surface area contributed by atoms with Crippen LogP contribution in [0.15, 0.2) is 89.5 Å². The van der Waals surface area contributed by atoms with Gasteiger partial charge in [-0.1, -0.05) is 42.5 Å². The minimum Gasteiger partial charge on any atom is -0.460 e. The Kier molecular flexibility index (Phi) is 9.13. The molecule has 1 aliphatic heterocycles. The van der Waals surface area contributed by atoms with Gasteiger partial charge < -0.3 is 19.8 Å². The van der Waals surface area contributed by atoms with Gasteiger partial charge in [0.15, 0.2) is 0 Å². The molecule has 0 saturated heterocycles. The van der Waals surface area contributed by atoms with Crippen LogP contribution >= 0.6 is 0 Å². The SMILES string of the molecule is CC1=C(C(=O)OCC=Cc2ccc(Cc3ncc[nH]3)cc2)C(c2cccc([N+](=O)[O-])c2)C(C(=O)OC(C)C)=C(C)N1. The Morgan fingerprint density at radius 1 is 1.07 bits per heavy atom. The summed E-state index contributed by atoms with van der Waals surface area (Å²) in [5.41, 5.74) is 3.66. The van der Waals surface area contributed by atoms with Crippen LogP contribution in [0.25, 0.3) is 6.08 Å². The number of hydrogen-bond acceptors (Lipinski definition) is 8. The molecule has 3 aromatic rings. The number of carbonyl (C=O) groups is 2. The summed E-state index contributed by atoms with van der Waals surface area (Å²) in [5.74, 6) is -1.29. The average Bonchev–Trinajstić information content (AvgIpc) is 3.44. The van der Waals surface area contributed by atoms with Gasteiger partial charge in [-0.15, -0.1) is 0 Å². The molecule has 1 atom stereocenters. The summed E-state index contributed by atoms with van der Waals surface area (Å²) >= 11 is 0. The molecule has 0 aliphatic carbocycles. The normalized spacial score (nSPS) is 15.3. The van der Waals surface area contributed by atoms with Crippen LogP contribution in [0.1, 0.15) is 56.1 Å². The number of nitro groups is 1. The number of ether oxygens (including phenoxy) is 2. The number of benzene rings is 2. The smallest absolute Gasteiger partial charge is 0.337 e. The molecule has 2 heterocycles. The van der Waals surface area contributed by atoms with Crippen LogP contribution in [0.2, 0.25) is 0 Å². The van der Waals surface area contributed by atoms with Crippen LogP contribution in [-0.4, -0.2) is 39.5 Å². The van der Waals surface area contributed by atoms with Crippen LogP contribution in [-0.2, 0) is 25.5 Å². The summed E-state index contributed by atoms with van der Waals surface area (Å²) in [6.07, 6.45) is 7.37. The van der Waals surface area contributed by atoms with E-state index in [4.69, 9.17) is 9.47 Å². The van der Waals surface area contributed by atoms with E-state index in [-0.39, 0.29) is 23.4 Å². The van der Waals surface area contributed by atoms with Gasteiger partial charge in [0.2, 0.25) is 0 Å². The molecule has 2 N–H and O–H groups in total. The first kappa shape index (κ1) is 29.0. The molecule has 1 aliphatic rings. The first-order valence-electron chi connectivity index (χ1n) is 13.2. The third-order valence-corrected chi connectivity index (χ3v) is 6.48. The van der Waals surface area contributed by atoms with Crippen molar-refractivity contribution in [2.75, 3.05) is 6.61 Å². The Balaban J connectivity index is 1.53. The summed E-state index contributed by atoms with van der Waals surface area (Å²) in [6, 6.07) is 13.8. The minimum atomic E-state index is -0.916. The zero-order chi connectivity index (χ0) is 29.5. The molecule has 1 unspecified atom stereocenters. The molecule has 2 aromatic carbocycles. The maximum absolute atomic E-state index is 13.4. The number of allylic oxidation sites excluding steroid dienone is 2. The molecule has 0 radical (unpaired) electrons. The number of nitrogens with zero attached hydrogens (tertiary/aromatic N) is 2. The number of non-ortho nitro benzene ring substituents is 1. The number of hydrogen-bond donors (Lipinski definition) is 2. The van der Waals surface area contributed by atoms with Gasteiger partial charge in [-0.2, -0.15) is 0 Å². The van der Waals surface area contributed by atoms with Crippen molar-refractivity contribution < 1.29 is 24.0 Å². The van der Waals surface area contributed by atoms with Crippen molar-refractivity contribution >= 4 is 23.7 Å². The number of carbonyl (C=O) groups excluding carboxylic acids is 2. The van der Waals surface area contributed by atoms with E-state index in [0.29, 0.717) is 23.4 Å². The predicted octanol–water partition coefficient (Wildman–Crippen LogP) is 5.35. The fourth-order valence-electron chi connectivity index (χ4n) is 4.68. The van der Waals surface area contributed by atoms with E-state index in [9.17, 15) is 19.7 Å². The fraction of sp³-hybridized carbons (Fsp3) is 0.258. The van der Waals surface area contributed by atoms with E-state index in [1.54, 1.807) is 52.2 Å². The van der Waals surface area contributed by atoms with Crippen molar-refractivity contribution in [3.63, 3.8) is 0 Å². The highest BCUT2D eigenvalue weighted by atomic mass is 16.6. The number of dihydropyridines is 1. The number of aromatic nitrogens is 2. The molecule has 0 saturated carbocycles. The Morgan fingerprint density at radius 2 is 1.78 bits per heavy atom. The second-order valence-electron chi connectivity index (χ2n) is 9.90. The van der Waals surface area contributed by atoms with Crippen LogP contribution in [0.5, 0.6) is 0 Å². The van der Waals surface area contributed by atoms with Crippen molar-refractivity contribution in [3.8, 4) is 0 Å². The molecule has 212 valence electrons. The van der Waals surface area contributed by atoms with E-state index < -0.39 is 28.9 Å². The van der Waals surface area contributed by atoms with Crippen LogP contribution in [0.3, 0.4) is 0 Å². The second-order valence-corrected chi connectivity index (χ2v) is 9.90. The minimum absolute atomic E-state index is 0.0140. The van der Waals surface area contributed by atoms with Gasteiger partial charge in [0, 0.05) is 42.3 Å². The molecule has 1 aromatic heterocycles. The van der Waals surface area contributed by atoms with E-state index in [1.807, 2.05) is 30.3 Å². The number of aromatic amines is 1. The first-order chi connectivity index (χ1) is 19.6. The molecular formula is C31H32N4O6. The van der Waals surface area contributed by atoms with Gasteiger partial charge in [-0.25, -0.2) is 14.6 Å². The molecule has 0 bridgehead atoms. The molecule has 4 rings (SSSR count). The molecular weight excluding hydrogens is 524 g/mol. The highest BCUT2D eigenvalue weighted by Gasteiger charge is 2.38. The van der Waals surface area contributed by atoms with Crippen molar-refractivity contribution in [2.45, 2.75) is 46.1 Å². The van der Waals surface area contributed by atoms with Crippen molar-refractivity contribution in [1.29, 1.82) is 0 Å². The quantitative estimate of drug-likeness (QED) is 0.194. The highest BCUT2D eigenvalue weighted by molar-refractivity contribution is 6.00. The van der Waals surface area contributed by atoms with Crippen molar-refractivity contribution in [3.05, 3.63) is 122 Å². The van der Waals surface area contributed by atoms with Gasteiger partial charge in [0.25, 0.3) is 5.69 Å². The summed E-state index contributed by atoms with van der Waals surface area (Å²) in [5, 5.41) is 14.6. The lowest BCUT2D eigenvalue weighted by Crippen LogP contribution is -2.33. The molecule has 10 nitrogen and oxygen atoms in total. The predicted molar refractivity (Wildman–Crippen MR) is 153 cm³/mol. The van der Waals surface area contributed by atoms with E-state index >= 15 is 0 Å². The Morgan fingerprint density at radius 3 is 2.41 bits per heavy atom. The Bertz CT molecular complexity index is 1520. The molecule has 0 fully saturated rings. The fourth-order valence-corrected chi connectivity index (χ4v) is 4.68. The van der Waals surface area contributed by atoms with E-state index in [1.165, 1.54) is 18.2 Å². The van der Waals surface area contributed by atoms with Gasteiger partial charge in [0.05, 0.1) is 28.1 Å². The number of H-pyrrole nitrogens is 1. The highest BCUT2D eigenvalue weighted by Crippen LogP contribution is 2.40. The lowest BCUT2D eigenvalue weighted by atomic mass is 9.80. The lowest BCUT2D eigenvalue weighted by molar-refractivity contribution is -0.384. The first-order valence-corrected chi connectivity index (χ1v) is 13.2. The maximum atomic E-state index is 13.4. The van der Waals surface area contributed by atoms with Crippen LogP contribution in [0, 0.1) is 10.1 Å². The average molecular weight is 557 g/mol. The van der Waals surface area contributed by atoms with E-state index in [2.05, 4.69) is 15.3 Å². The summed E-state index contributed by atoms with van der Waals surface area (Å²) in [7, 11) is 0. The van der Waals surface area contributed by atoms with Crippen LogP contribution < -0.4 is 5.32 Å². The van der Waals surface area contributed by atoms with Crippen LogP contribution in [0.4, 0.5) is 5.69 Å². The Labute approximate surface area is 237 Å². The standard InChI is InChI=1S/C31H32N4O6/c1-19(2)41-31(37)28-21(4)34-20(3)27(29(28)24-8-5-9-25(18-24)35(38)39)30(36)40-16-6-7-22-10-12-23(13-11-22)17-26-32-14-15-33-26/h5-15,18-19,29,34H,16-17H2,1-4H3,(H,32,33). The van der Waals surface area contributed by atoms with Crippen molar-refractivity contribution in [1.82, 2.24) is 15.3 Å². The third-order valence-electron chi connectivity index (χ3n) is 6.48. The number of rotatable bonds is 10. The summed E-state index contributed by atoms with van der Waals surface area (Å²) < 4.78 is 11.1. The van der Waals surface area contributed by atoms with Gasteiger partial charge >= 0.3 is 11.9 Å². The number of imidazole rings is 1. The molecule has 0 spiro atoms. The zero-order valence-corrected chi connectivity index (χ0v) is 23.3. The molecule has 10 heteroatoms. The number of nitro benzene ring substituents is 1.